The predicted molar refractivity (Wildman–Crippen MR) is 98.7 cm³/mol. The van der Waals surface area contributed by atoms with Crippen molar-refractivity contribution in [3.05, 3.63) is 35.0 Å². The summed E-state index contributed by atoms with van der Waals surface area (Å²) in [5, 5.41) is 7.54. The summed E-state index contributed by atoms with van der Waals surface area (Å²) >= 11 is 0. The molecule has 0 radical (unpaired) electrons. The van der Waals surface area contributed by atoms with Gasteiger partial charge in [0.05, 0.1) is 0 Å². The topological polar surface area (TPSA) is 66.1 Å². The Morgan fingerprint density at radius 3 is 2.67 bits per heavy atom. The fourth-order valence-corrected chi connectivity index (χ4v) is 3.32. The van der Waals surface area contributed by atoms with Crippen molar-refractivity contribution in [3.8, 4) is 0 Å². The van der Waals surface area contributed by atoms with Crippen molar-refractivity contribution >= 4 is 29.2 Å². The zero-order valence-electron chi connectivity index (χ0n) is 14.5. The molecule has 0 atom stereocenters. The molecule has 2 aromatic rings. The standard InChI is InChI=1S/C18H25N3O2.ClH/c1-12-13(2)21-16-5-4-14(10-15(12)16)11-20-17(22)18(23-3)6-8-19-9-7-18;/h4-5,10,19,21H,6-9,11H2,1-3H3,(H,20,22);1H. The van der Waals surface area contributed by atoms with Crippen LogP contribution in [-0.2, 0) is 16.1 Å². The van der Waals surface area contributed by atoms with Gasteiger partial charge in [-0.2, -0.15) is 0 Å². The first-order chi connectivity index (χ1) is 11.1. The van der Waals surface area contributed by atoms with Gasteiger partial charge in [-0.25, -0.2) is 0 Å². The second-order valence-electron chi connectivity index (χ2n) is 6.39. The first-order valence-corrected chi connectivity index (χ1v) is 8.18. The van der Waals surface area contributed by atoms with Crippen LogP contribution < -0.4 is 10.6 Å². The van der Waals surface area contributed by atoms with Crippen LogP contribution in [0, 0.1) is 13.8 Å². The molecule has 1 aliphatic heterocycles. The highest BCUT2D eigenvalue weighted by Crippen LogP contribution is 2.24. The summed E-state index contributed by atoms with van der Waals surface area (Å²) in [4.78, 5) is 16.0. The number of amides is 1. The number of aromatic amines is 1. The van der Waals surface area contributed by atoms with E-state index in [4.69, 9.17) is 4.74 Å². The van der Waals surface area contributed by atoms with Crippen LogP contribution in [0.4, 0.5) is 0 Å². The molecule has 1 saturated heterocycles. The van der Waals surface area contributed by atoms with Crippen molar-refractivity contribution in [1.82, 2.24) is 15.6 Å². The van der Waals surface area contributed by atoms with Gasteiger partial charge in [0.25, 0.3) is 5.91 Å². The number of halogens is 1. The molecule has 24 heavy (non-hydrogen) atoms. The van der Waals surface area contributed by atoms with E-state index in [2.05, 4.69) is 47.7 Å². The highest BCUT2D eigenvalue weighted by Gasteiger charge is 2.39. The summed E-state index contributed by atoms with van der Waals surface area (Å²) < 4.78 is 5.56. The van der Waals surface area contributed by atoms with Crippen molar-refractivity contribution in [3.63, 3.8) is 0 Å². The zero-order valence-corrected chi connectivity index (χ0v) is 15.3. The van der Waals surface area contributed by atoms with Gasteiger partial charge in [-0.3, -0.25) is 4.79 Å². The third-order valence-corrected chi connectivity index (χ3v) is 5.04. The number of carbonyl (C=O) groups is 1. The molecule has 132 valence electrons. The van der Waals surface area contributed by atoms with Gasteiger partial charge in [0.2, 0.25) is 0 Å². The number of methoxy groups -OCH3 is 1. The molecule has 0 spiro atoms. The van der Waals surface area contributed by atoms with Crippen LogP contribution in [0.3, 0.4) is 0 Å². The van der Waals surface area contributed by atoms with Crippen LogP contribution in [0.15, 0.2) is 18.2 Å². The number of benzene rings is 1. The van der Waals surface area contributed by atoms with E-state index >= 15 is 0 Å². The molecule has 6 heteroatoms. The summed E-state index contributed by atoms with van der Waals surface area (Å²) in [6, 6.07) is 6.28. The fourth-order valence-electron chi connectivity index (χ4n) is 3.32. The molecule has 3 rings (SSSR count). The smallest absolute Gasteiger partial charge is 0.252 e. The lowest BCUT2D eigenvalue weighted by Gasteiger charge is -2.34. The molecule has 0 bridgehead atoms. The highest BCUT2D eigenvalue weighted by atomic mass is 35.5. The number of ether oxygens (including phenoxy) is 1. The van der Waals surface area contributed by atoms with E-state index in [1.807, 2.05) is 0 Å². The van der Waals surface area contributed by atoms with E-state index < -0.39 is 5.60 Å². The van der Waals surface area contributed by atoms with Gasteiger partial charge in [0, 0.05) is 30.3 Å². The van der Waals surface area contributed by atoms with E-state index in [1.54, 1.807) is 7.11 Å². The molecule has 0 saturated carbocycles. The van der Waals surface area contributed by atoms with E-state index in [-0.39, 0.29) is 18.3 Å². The Balaban J connectivity index is 0.00000208. The largest absolute Gasteiger partial charge is 0.368 e. The molecule has 1 fully saturated rings. The van der Waals surface area contributed by atoms with Crippen molar-refractivity contribution in [2.45, 2.75) is 38.8 Å². The minimum atomic E-state index is -0.685. The van der Waals surface area contributed by atoms with Crippen LogP contribution >= 0.6 is 12.4 Å². The number of rotatable bonds is 4. The van der Waals surface area contributed by atoms with Gasteiger partial charge >= 0.3 is 0 Å². The average Bonchev–Trinajstić information content (AvgIpc) is 2.87. The second-order valence-corrected chi connectivity index (χ2v) is 6.39. The van der Waals surface area contributed by atoms with Crippen LogP contribution in [0.2, 0.25) is 0 Å². The van der Waals surface area contributed by atoms with E-state index in [0.717, 1.165) is 24.2 Å². The predicted octanol–water partition coefficient (Wildman–Crippen LogP) is 2.59. The van der Waals surface area contributed by atoms with Crippen LogP contribution in [0.5, 0.6) is 0 Å². The van der Waals surface area contributed by atoms with E-state index in [0.29, 0.717) is 19.4 Å². The van der Waals surface area contributed by atoms with Crippen molar-refractivity contribution in [1.29, 1.82) is 0 Å². The summed E-state index contributed by atoms with van der Waals surface area (Å²) in [7, 11) is 1.63. The second kappa shape index (κ2) is 7.55. The van der Waals surface area contributed by atoms with Gasteiger partial charge < -0.3 is 20.4 Å². The summed E-state index contributed by atoms with van der Waals surface area (Å²) in [6.07, 6.45) is 1.43. The Hall–Kier alpha value is -1.56. The van der Waals surface area contributed by atoms with Crippen LogP contribution in [0.1, 0.15) is 29.7 Å². The highest BCUT2D eigenvalue weighted by molar-refractivity contribution is 5.86. The first-order valence-electron chi connectivity index (χ1n) is 8.18. The molecule has 3 N–H and O–H groups in total. The third-order valence-electron chi connectivity index (χ3n) is 5.04. The van der Waals surface area contributed by atoms with Crippen molar-refractivity contribution < 1.29 is 9.53 Å². The molecule has 1 aliphatic rings. The van der Waals surface area contributed by atoms with Gasteiger partial charge in [-0.1, -0.05) is 6.07 Å². The molecule has 0 aliphatic carbocycles. The summed E-state index contributed by atoms with van der Waals surface area (Å²) in [6.45, 7) is 6.35. The quantitative estimate of drug-likeness (QED) is 0.793. The Morgan fingerprint density at radius 2 is 2.00 bits per heavy atom. The van der Waals surface area contributed by atoms with Gasteiger partial charge in [0.15, 0.2) is 0 Å². The number of hydrogen-bond acceptors (Lipinski definition) is 3. The zero-order chi connectivity index (χ0) is 16.4. The first kappa shape index (κ1) is 18.8. The number of piperidine rings is 1. The summed E-state index contributed by atoms with van der Waals surface area (Å²) in [5.74, 6) is -0.0106. The molecular weight excluding hydrogens is 326 g/mol. The molecule has 5 nitrogen and oxygen atoms in total. The normalized spacial score (nSPS) is 16.6. The molecule has 1 aromatic carbocycles. The van der Waals surface area contributed by atoms with E-state index in [9.17, 15) is 4.79 Å². The third kappa shape index (κ3) is 3.43. The fraction of sp³-hybridized carbons (Fsp3) is 0.500. The number of fused-ring (bicyclic) bond motifs is 1. The number of aromatic nitrogens is 1. The van der Waals surface area contributed by atoms with Gasteiger partial charge in [0.1, 0.15) is 5.60 Å². The lowest BCUT2D eigenvalue weighted by Crippen LogP contribution is -2.53. The van der Waals surface area contributed by atoms with Gasteiger partial charge in [-0.15, -0.1) is 12.4 Å². The Bertz CT molecular complexity index is 720. The Kier molecular flexibility index (Phi) is 5.91. The SMILES string of the molecule is COC1(C(=O)NCc2ccc3[nH]c(C)c(C)c3c2)CCNCC1.Cl. The lowest BCUT2D eigenvalue weighted by molar-refractivity contribution is -0.146. The van der Waals surface area contributed by atoms with Gasteiger partial charge in [-0.05, 0) is 63.0 Å². The van der Waals surface area contributed by atoms with Crippen LogP contribution in [-0.4, -0.2) is 36.7 Å². The minimum Gasteiger partial charge on any atom is -0.368 e. The maximum atomic E-state index is 12.6. The number of carbonyl (C=O) groups excluding carboxylic acids is 1. The minimum absolute atomic E-state index is 0. The Morgan fingerprint density at radius 1 is 1.29 bits per heavy atom. The maximum absolute atomic E-state index is 12.6. The Labute approximate surface area is 148 Å². The lowest BCUT2D eigenvalue weighted by atomic mass is 9.91. The molecule has 1 amide bonds. The molecule has 0 unspecified atom stereocenters. The van der Waals surface area contributed by atoms with Crippen molar-refractivity contribution in [2.75, 3.05) is 20.2 Å². The van der Waals surface area contributed by atoms with E-state index in [1.165, 1.54) is 16.6 Å². The number of aryl methyl sites for hydroxylation is 2. The van der Waals surface area contributed by atoms with Crippen molar-refractivity contribution in [2.24, 2.45) is 0 Å². The molecular formula is C18H26ClN3O2. The monoisotopic (exact) mass is 351 g/mol. The van der Waals surface area contributed by atoms with Crippen LogP contribution in [0.25, 0.3) is 10.9 Å². The maximum Gasteiger partial charge on any atom is 0.252 e. The number of hydrogen-bond donors (Lipinski definition) is 3. The molecule has 1 aromatic heterocycles. The molecule has 2 heterocycles. The summed E-state index contributed by atoms with van der Waals surface area (Å²) in [5.41, 5.74) is 4.01. The number of H-pyrrole nitrogens is 1. The number of nitrogens with one attached hydrogen (secondary N) is 3. The average molecular weight is 352 g/mol.